The third-order valence-corrected chi connectivity index (χ3v) is 4.52. The van der Waals surface area contributed by atoms with Gasteiger partial charge in [0.2, 0.25) is 0 Å². The standard InChI is InChI=1S/C21H21O4.Pu/c1-5-6-13-10-16(22)24-19-15-9-12(2)11-23-18(15)14-7-8-21(3,4)25-20(14)17(13)19;/h7-11H,5-6H2,1-4H3;/q-1;. The summed E-state index contributed by atoms with van der Waals surface area (Å²) in [5.41, 5.74) is 3.40. The number of aryl methyl sites for hydroxylation is 1. The molecule has 26 heavy (non-hydrogen) atoms. The van der Waals surface area contributed by atoms with E-state index in [2.05, 4.69) is 6.92 Å². The second-order valence-corrected chi connectivity index (χ2v) is 7.19. The predicted octanol–water partition coefficient (Wildman–Crippen LogP) is 4.89. The molecule has 0 amide bonds. The molecule has 3 heterocycles. The fourth-order valence-corrected chi connectivity index (χ4v) is 3.44. The van der Waals surface area contributed by atoms with Crippen LogP contribution in [0.2, 0.25) is 0 Å². The molecule has 5 heteroatoms. The van der Waals surface area contributed by atoms with Crippen molar-refractivity contribution < 1.29 is 43.1 Å². The van der Waals surface area contributed by atoms with E-state index in [1.165, 1.54) is 0 Å². The van der Waals surface area contributed by atoms with Gasteiger partial charge in [0.05, 0.1) is 10.9 Å². The Morgan fingerprint density at radius 2 is 1.96 bits per heavy atom. The molecule has 1 aromatic carbocycles. The van der Waals surface area contributed by atoms with Gasteiger partial charge in [-0.2, -0.15) is 11.6 Å². The van der Waals surface area contributed by atoms with E-state index in [1.54, 1.807) is 12.7 Å². The smallest absolute Gasteiger partial charge is 0.336 e. The summed E-state index contributed by atoms with van der Waals surface area (Å²) in [7, 11) is 0. The molecule has 4 rings (SSSR count). The van der Waals surface area contributed by atoms with Crippen LogP contribution >= 0.6 is 0 Å². The summed E-state index contributed by atoms with van der Waals surface area (Å²) in [6.07, 6.45) is 7.78. The van der Waals surface area contributed by atoms with E-state index in [0.29, 0.717) is 11.3 Å². The number of hydrogen-bond acceptors (Lipinski definition) is 4. The van der Waals surface area contributed by atoms with Crippen LogP contribution in [0.5, 0.6) is 11.5 Å². The van der Waals surface area contributed by atoms with Gasteiger partial charge >= 0.3 is 5.63 Å². The normalized spacial score (nSPS) is 16.4. The number of fused-ring (bicyclic) bond motifs is 6. The molecular weight excluding hydrogens is 560 g/mol. The zero-order valence-electron chi connectivity index (χ0n) is 15.3. The monoisotopic (exact) mass is 575 g/mol. The van der Waals surface area contributed by atoms with E-state index < -0.39 is 5.60 Å². The Bertz CT molecular complexity index is 995. The maximum atomic E-state index is 12.2. The first-order chi connectivity index (χ1) is 11.9. The Morgan fingerprint density at radius 3 is 2.69 bits per heavy atom. The largest absolute Gasteiger partial charge is 0.553 e. The van der Waals surface area contributed by atoms with Gasteiger partial charge in [-0.3, -0.25) is 0 Å². The predicted molar refractivity (Wildman–Crippen MR) is 98.8 cm³/mol. The van der Waals surface area contributed by atoms with Crippen molar-refractivity contribution in [1.82, 2.24) is 0 Å². The van der Waals surface area contributed by atoms with E-state index in [9.17, 15) is 4.79 Å². The molecule has 0 N–H and O–H groups in total. The van der Waals surface area contributed by atoms with Crippen LogP contribution in [-0.2, 0) is 6.42 Å². The minimum absolute atomic E-state index is 0. The van der Waals surface area contributed by atoms with Gasteiger partial charge < -0.3 is 13.9 Å². The second kappa shape index (κ2) is 6.83. The van der Waals surface area contributed by atoms with Gasteiger partial charge in [-0.15, -0.1) is 0 Å². The molecule has 0 fully saturated rings. The quantitative estimate of drug-likeness (QED) is 0.375. The Morgan fingerprint density at radius 1 is 1.19 bits per heavy atom. The van der Waals surface area contributed by atoms with Crippen LogP contribution in [0, 0.1) is 35.8 Å². The first kappa shape index (κ1) is 19.1. The van der Waals surface area contributed by atoms with Gasteiger partial charge in [-0.25, -0.2) is 4.79 Å². The van der Waals surface area contributed by atoms with Crippen molar-refractivity contribution in [3.63, 3.8) is 0 Å². The minimum Gasteiger partial charge on any atom is -0.553 e. The van der Waals surface area contributed by atoms with Gasteiger partial charge in [0.25, 0.3) is 0 Å². The van der Waals surface area contributed by atoms with Crippen molar-refractivity contribution in [2.45, 2.75) is 46.1 Å². The Kier molecular flexibility index (Phi) is 5.03. The molecule has 0 bridgehead atoms. The van der Waals surface area contributed by atoms with Crippen LogP contribution in [-0.4, -0.2) is 5.60 Å². The first-order valence-corrected chi connectivity index (χ1v) is 8.63. The van der Waals surface area contributed by atoms with Crippen molar-refractivity contribution in [2.24, 2.45) is 0 Å². The zero-order valence-corrected chi connectivity index (χ0v) is 18.7. The average Bonchev–Trinajstić information content (AvgIpc) is 2.54. The van der Waals surface area contributed by atoms with Crippen LogP contribution < -0.4 is 15.1 Å². The molecule has 0 radical (unpaired) electrons. The van der Waals surface area contributed by atoms with Gasteiger partial charge in [-0.05, 0) is 43.5 Å². The third kappa shape index (κ3) is 3.10. The summed E-state index contributed by atoms with van der Waals surface area (Å²) in [4.78, 5) is 12.2. The van der Waals surface area contributed by atoms with Crippen LogP contribution in [0.3, 0.4) is 0 Å². The molecule has 136 valence electrons. The Labute approximate surface area is 174 Å². The summed E-state index contributed by atoms with van der Waals surface area (Å²) in [6.45, 7) is 9.77. The average molecular weight is 581 g/mol. The Hall–Kier alpha value is -1.63. The molecule has 4 nitrogen and oxygen atoms in total. The van der Waals surface area contributed by atoms with Gasteiger partial charge in [0.15, 0.2) is 0 Å². The van der Waals surface area contributed by atoms with Crippen LogP contribution in [0.4, 0.5) is 0 Å². The van der Waals surface area contributed by atoms with Crippen molar-refractivity contribution in [2.75, 3.05) is 0 Å². The van der Waals surface area contributed by atoms with Crippen molar-refractivity contribution in [3.05, 3.63) is 51.4 Å². The number of hydrogen-bond donors (Lipinski definition) is 0. The van der Waals surface area contributed by atoms with Gasteiger partial charge in [0.1, 0.15) is 22.7 Å². The molecular formula is C21H21O4Pu-. The fourth-order valence-electron chi connectivity index (χ4n) is 3.44. The zero-order chi connectivity index (χ0) is 17.8. The first-order valence-electron chi connectivity index (χ1n) is 8.63. The fraction of sp³-hybridized carbons (Fsp3) is 0.333. The molecule has 0 saturated heterocycles. The number of rotatable bonds is 2. The second-order valence-electron chi connectivity index (χ2n) is 7.19. The SMILES string of the molecule is CCCc1cc(=O)oc2c3c(c4c(c12)OC(C)(C)C=C4)O[CH-]C(C)=C3.[Pu]. The molecule has 2 aromatic rings. The van der Waals surface area contributed by atoms with Crippen molar-refractivity contribution >= 4 is 23.1 Å². The van der Waals surface area contributed by atoms with E-state index in [0.717, 1.165) is 46.2 Å². The molecule has 2 aliphatic heterocycles. The van der Waals surface area contributed by atoms with Gasteiger partial charge in [-0.1, -0.05) is 26.9 Å². The van der Waals surface area contributed by atoms with E-state index in [4.69, 9.17) is 13.9 Å². The van der Waals surface area contributed by atoms with E-state index >= 15 is 0 Å². The maximum absolute atomic E-state index is 12.2. The molecule has 0 saturated carbocycles. The molecule has 0 aliphatic carbocycles. The van der Waals surface area contributed by atoms with E-state index in [1.807, 2.05) is 39.0 Å². The van der Waals surface area contributed by atoms with Crippen molar-refractivity contribution in [1.29, 1.82) is 0 Å². The molecule has 2 aliphatic rings. The summed E-state index contributed by atoms with van der Waals surface area (Å²) in [5.74, 6) is 1.41. The summed E-state index contributed by atoms with van der Waals surface area (Å²) in [6, 6.07) is 1.58. The topological polar surface area (TPSA) is 48.7 Å². The van der Waals surface area contributed by atoms with Crippen LogP contribution in [0.15, 0.2) is 26.9 Å². The Balaban J connectivity index is 0.00000196. The minimum atomic E-state index is -0.433. The summed E-state index contributed by atoms with van der Waals surface area (Å²) < 4.78 is 17.8. The summed E-state index contributed by atoms with van der Waals surface area (Å²) >= 11 is 0. The number of ether oxygens (including phenoxy) is 2. The number of benzene rings is 1. The third-order valence-electron chi connectivity index (χ3n) is 4.52. The molecule has 0 unspecified atom stereocenters. The maximum Gasteiger partial charge on any atom is 0.336 e. The van der Waals surface area contributed by atoms with Gasteiger partial charge in [0, 0.05) is 35.2 Å². The van der Waals surface area contributed by atoms with E-state index in [-0.39, 0.29) is 34.8 Å². The molecule has 0 spiro atoms. The van der Waals surface area contributed by atoms with Crippen LogP contribution in [0.1, 0.15) is 50.8 Å². The summed E-state index contributed by atoms with van der Waals surface area (Å²) in [5, 5.41) is 0.877. The van der Waals surface area contributed by atoms with Crippen molar-refractivity contribution in [3.8, 4) is 11.5 Å². The molecule has 1 aromatic heterocycles. The van der Waals surface area contributed by atoms with Crippen LogP contribution in [0.25, 0.3) is 23.1 Å². The molecule has 0 atom stereocenters.